The summed E-state index contributed by atoms with van der Waals surface area (Å²) in [6.45, 7) is 10.6. The molecule has 3 atom stereocenters. The minimum Gasteiger partial charge on any atom is -0.242 e. The molecule has 1 aliphatic rings. The maximum atomic E-state index is 12.4. The summed E-state index contributed by atoms with van der Waals surface area (Å²) in [4.78, 5) is 0. The lowest BCUT2D eigenvalue weighted by atomic mass is 10.00. The SMILES string of the molecule is C=C[C@]1(c2ccc(Cl)cc2)CN1S(=O)C(C)(C)C. The highest BCUT2D eigenvalue weighted by molar-refractivity contribution is 7.84. The molecule has 4 heteroatoms. The van der Waals surface area contributed by atoms with E-state index in [1.165, 1.54) is 0 Å². The molecule has 0 spiro atoms. The van der Waals surface area contributed by atoms with E-state index in [1.54, 1.807) is 0 Å². The van der Waals surface area contributed by atoms with Crippen molar-refractivity contribution >= 4 is 22.6 Å². The van der Waals surface area contributed by atoms with Gasteiger partial charge in [0.25, 0.3) is 0 Å². The van der Waals surface area contributed by atoms with Gasteiger partial charge in [0.05, 0.1) is 10.3 Å². The van der Waals surface area contributed by atoms with E-state index in [-0.39, 0.29) is 10.3 Å². The van der Waals surface area contributed by atoms with Crippen LogP contribution in [0, 0.1) is 0 Å². The van der Waals surface area contributed by atoms with Crippen molar-refractivity contribution in [2.24, 2.45) is 0 Å². The number of hydrogen-bond donors (Lipinski definition) is 0. The first-order valence-corrected chi connectivity index (χ1v) is 7.39. The normalized spacial score (nSPS) is 28.8. The fourth-order valence-electron chi connectivity index (χ4n) is 1.98. The Kier molecular flexibility index (Phi) is 3.43. The lowest BCUT2D eigenvalue weighted by molar-refractivity contribution is 0.585. The van der Waals surface area contributed by atoms with Crippen LogP contribution in [0.25, 0.3) is 0 Å². The minimum atomic E-state index is -1.02. The Hall–Kier alpha value is -0.640. The second-order valence-electron chi connectivity index (χ2n) is 5.53. The molecule has 0 radical (unpaired) electrons. The van der Waals surface area contributed by atoms with Crippen molar-refractivity contribution in [1.82, 2.24) is 4.31 Å². The van der Waals surface area contributed by atoms with Crippen molar-refractivity contribution in [2.45, 2.75) is 31.1 Å². The molecule has 0 amide bonds. The Balaban J connectivity index is 2.29. The van der Waals surface area contributed by atoms with E-state index < -0.39 is 11.0 Å². The molecule has 1 fully saturated rings. The van der Waals surface area contributed by atoms with Gasteiger partial charge in [0, 0.05) is 11.6 Å². The second-order valence-corrected chi connectivity index (χ2v) is 8.13. The molecule has 1 saturated heterocycles. The largest absolute Gasteiger partial charge is 0.242 e. The van der Waals surface area contributed by atoms with Gasteiger partial charge in [-0.1, -0.05) is 29.8 Å². The van der Waals surface area contributed by atoms with E-state index >= 15 is 0 Å². The van der Waals surface area contributed by atoms with Gasteiger partial charge in [0.1, 0.15) is 11.0 Å². The molecule has 0 saturated carbocycles. The molecule has 1 aromatic carbocycles. The maximum absolute atomic E-state index is 12.4. The van der Waals surface area contributed by atoms with Crippen molar-refractivity contribution < 1.29 is 4.21 Å². The monoisotopic (exact) mass is 283 g/mol. The smallest absolute Gasteiger partial charge is 0.101 e. The molecule has 1 heterocycles. The third-order valence-corrected chi connectivity index (χ3v) is 5.29. The molecular weight excluding hydrogens is 266 g/mol. The second kappa shape index (κ2) is 4.48. The summed E-state index contributed by atoms with van der Waals surface area (Å²) >= 11 is 5.90. The fraction of sp³-hybridized carbons (Fsp3) is 0.429. The number of halogens is 1. The zero-order valence-electron chi connectivity index (χ0n) is 10.9. The van der Waals surface area contributed by atoms with Crippen LogP contribution in [0.15, 0.2) is 36.9 Å². The van der Waals surface area contributed by atoms with Crippen LogP contribution in [0.4, 0.5) is 0 Å². The van der Waals surface area contributed by atoms with Gasteiger partial charge in [0.15, 0.2) is 0 Å². The van der Waals surface area contributed by atoms with Crippen molar-refractivity contribution in [3.8, 4) is 0 Å². The van der Waals surface area contributed by atoms with Gasteiger partial charge in [-0.25, -0.2) is 8.51 Å². The fourth-order valence-corrected chi connectivity index (χ4v) is 3.56. The van der Waals surface area contributed by atoms with Crippen LogP contribution in [-0.4, -0.2) is 19.8 Å². The molecular formula is C14H18ClNOS. The molecule has 0 bridgehead atoms. The number of benzene rings is 1. The lowest BCUT2D eigenvalue weighted by Crippen LogP contribution is -2.30. The summed E-state index contributed by atoms with van der Waals surface area (Å²) in [7, 11) is -1.02. The first kappa shape index (κ1) is 13.8. The minimum absolute atomic E-state index is 0.253. The van der Waals surface area contributed by atoms with E-state index in [9.17, 15) is 4.21 Å². The average Bonchev–Trinajstić information content (AvgIpc) is 3.03. The number of hydrogen-bond acceptors (Lipinski definition) is 1. The van der Waals surface area contributed by atoms with Crippen LogP contribution < -0.4 is 0 Å². The molecule has 98 valence electrons. The predicted molar refractivity (Wildman–Crippen MR) is 77.9 cm³/mol. The van der Waals surface area contributed by atoms with Crippen molar-refractivity contribution in [3.63, 3.8) is 0 Å². The van der Waals surface area contributed by atoms with Gasteiger partial charge < -0.3 is 0 Å². The van der Waals surface area contributed by atoms with Crippen molar-refractivity contribution in [3.05, 3.63) is 47.5 Å². The van der Waals surface area contributed by atoms with Crippen molar-refractivity contribution in [1.29, 1.82) is 0 Å². The van der Waals surface area contributed by atoms with E-state index in [0.29, 0.717) is 5.02 Å². The summed E-state index contributed by atoms with van der Waals surface area (Å²) in [6, 6.07) is 7.67. The van der Waals surface area contributed by atoms with Crippen LogP contribution in [0.1, 0.15) is 26.3 Å². The Bertz CT molecular complexity index is 492. The van der Waals surface area contributed by atoms with E-state index in [2.05, 4.69) is 6.58 Å². The van der Waals surface area contributed by atoms with Gasteiger partial charge in [-0.3, -0.25) is 0 Å². The molecule has 1 aromatic rings. The van der Waals surface area contributed by atoms with Crippen LogP contribution in [-0.2, 0) is 16.5 Å². The van der Waals surface area contributed by atoms with Gasteiger partial charge >= 0.3 is 0 Å². The lowest BCUT2D eigenvalue weighted by Gasteiger charge is -2.21. The van der Waals surface area contributed by atoms with Crippen LogP contribution >= 0.6 is 11.6 Å². The van der Waals surface area contributed by atoms with Crippen LogP contribution in [0.3, 0.4) is 0 Å². The molecule has 18 heavy (non-hydrogen) atoms. The highest BCUT2D eigenvalue weighted by Crippen LogP contribution is 2.47. The Labute approximate surface area is 116 Å². The number of rotatable bonds is 3. The molecule has 0 aromatic heterocycles. The van der Waals surface area contributed by atoms with E-state index in [0.717, 1.165) is 12.1 Å². The quantitative estimate of drug-likeness (QED) is 0.614. The highest BCUT2D eigenvalue weighted by Gasteiger charge is 2.56. The van der Waals surface area contributed by atoms with Gasteiger partial charge in [-0.05, 0) is 38.5 Å². The van der Waals surface area contributed by atoms with E-state index in [1.807, 2.05) is 55.4 Å². The topological polar surface area (TPSA) is 20.1 Å². The van der Waals surface area contributed by atoms with Gasteiger partial charge in [-0.15, -0.1) is 6.58 Å². The summed E-state index contributed by atoms with van der Waals surface area (Å²) in [5, 5.41) is 0.710. The third-order valence-electron chi connectivity index (χ3n) is 3.13. The predicted octanol–water partition coefficient (Wildman–Crippen LogP) is 3.50. The van der Waals surface area contributed by atoms with Gasteiger partial charge in [-0.2, -0.15) is 0 Å². The molecule has 1 aliphatic heterocycles. The molecule has 2 rings (SSSR count). The molecule has 2 unspecified atom stereocenters. The highest BCUT2D eigenvalue weighted by atomic mass is 35.5. The summed E-state index contributed by atoms with van der Waals surface area (Å²) in [5.74, 6) is 0. The van der Waals surface area contributed by atoms with Crippen LogP contribution in [0.5, 0.6) is 0 Å². The standard InChI is InChI=1S/C14H18ClNOS/c1-5-14(11-6-8-12(15)9-7-11)10-16(14)18(17)13(2,3)4/h5-9H,1,10H2,2-4H3/t14-,16?,18?/m1/s1. The first-order valence-electron chi connectivity index (χ1n) is 5.90. The maximum Gasteiger partial charge on any atom is 0.101 e. The Morgan fingerprint density at radius 1 is 1.39 bits per heavy atom. The zero-order valence-corrected chi connectivity index (χ0v) is 12.5. The molecule has 0 aliphatic carbocycles. The zero-order chi connectivity index (χ0) is 13.6. The summed E-state index contributed by atoms with van der Waals surface area (Å²) in [5.41, 5.74) is 0.808. The molecule has 0 N–H and O–H groups in total. The molecule has 2 nitrogen and oxygen atoms in total. The third kappa shape index (κ3) is 2.27. The Morgan fingerprint density at radius 2 is 1.94 bits per heavy atom. The van der Waals surface area contributed by atoms with Crippen LogP contribution in [0.2, 0.25) is 5.02 Å². The first-order chi connectivity index (χ1) is 8.31. The Morgan fingerprint density at radius 3 is 2.39 bits per heavy atom. The van der Waals surface area contributed by atoms with Crippen molar-refractivity contribution in [2.75, 3.05) is 6.54 Å². The van der Waals surface area contributed by atoms with E-state index in [4.69, 9.17) is 11.6 Å². The van der Waals surface area contributed by atoms with Gasteiger partial charge in [0.2, 0.25) is 0 Å². The summed E-state index contributed by atoms with van der Waals surface area (Å²) < 4.78 is 14.1. The summed E-state index contributed by atoms with van der Waals surface area (Å²) in [6.07, 6.45) is 1.87. The number of nitrogens with zero attached hydrogens (tertiary/aromatic N) is 1. The average molecular weight is 284 g/mol.